The molecule has 0 fully saturated rings. The van der Waals surface area contributed by atoms with E-state index in [-0.39, 0.29) is 11.6 Å². The Morgan fingerprint density at radius 1 is 0.475 bits per heavy atom. The van der Waals surface area contributed by atoms with Crippen LogP contribution in [0.25, 0.3) is 0 Å². The molecule has 0 rings (SSSR count). The van der Waals surface area contributed by atoms with Crippen LogP contribution in [0.5, 0.6) is 0 Å². The van der Waals surface area contributed by atoms with Crippen molar-refractivity contribution in [1.82, 2.24) is 0 Å². The molecular weight excluding hydrogens is 544 g/mol. The summed E-state index contributed by atoms with van der Waals surface area (Å²) in [5.74, 6) is -0.405. The zero-order chi connectivity index (χ0) is 29.8. The Labute approximate surface area is 242 Å². The molecule has 0 aromatic carbocycles. The van der Waals surface area contributed by atoms with Gasteiger partial charge in [-0.15, -0.1) is 0 Å². The van der Waals surface area contributed by atoms with Gasteiger partial charge in [-0.3, -0.25) is 0 Å². The quantitative estimate of drug-likeness (QED) is 0.0684. The number of hydrogen-bond donors (Lipinski definition) is 0. The second-order valence-electron chi connectivity index (χ2n) is 10.1. The predicted octanol–water partition coefficient (Wildman–Crippen LogP) is 2.33. The average molecular weight is 601 g/mol. The van der Waals surface area contributed by atoms with Crippen LogP contribution in [0, 0.1) is 0 Å². The van der Waals surface area contributed by atoms with Crippen molar-refractivity contribution in [1.29, 1.82) is 0 Å². The molecule has 13 heteroatoms. The van der Waals surface area contributed by atoms with Crippen LogP contribution < -0.4 is 0 Å². The van der Waals surface area contributed by atoms with Gasteiger partial charge in [0.1, 0.15) is 6.61 Å². The SMILES string of the molecule is COC(=O)COCCOCCOCCOCCOCCOCCOCCOCCOCCO[Si](C)(C)C(C)(C)C. The molecule has 0 unspecified atom stereocenters. The summed E-state index contributed by atoms with van der Waals surface area (Å²) in [7, 11) is -0.379. The lowest BCUT2D eigenvalue weighted by Gasteiger charge is -2.36. The van der Waals surface area contributed by atoms with Gasteiger partial charge in [0.15, 0.2) is 8.32 Å². The van der Waals surface area contributed by atoms with E-state index in [2.05, 4.69) is 38.6 Å². The van der Waals surface area contributed by atoms with Crippen molar-refractivity contribution in [3.8, 4) is 0 Å². The second-order valence-corrected chi connectivity index (χ2v) is 14.9. The molecule has 0 saturated carbocycles. The van der Waals surface area contributed by atoms with Crippen LogP contribution in [-0.4, -0.2) is 147 Å². The monoisotopic (exact) mass is 600 g/mol. The second kappa shape index (κ2) is 27.1. The summed E-state index contributed by atoms with van der Waals surface area (Å²) in [5.41, 5.74) is 0. The van der Waals surface area contributed by atoms with E-state index in [1.165, 1.54) is 7.11 Å². The van der Waals surface area contributed by atoms with Gasteiger partial charge in [0.25, 0.3) is 0 Å². The fraction of sp³-hybridized carbons (Fsp3) is 0.963. The van der Waals surface area contributed by atoms with Crippen molar-refractivity contribution < 1.29 is 56.6 Å². The van der Waals surface area contributed by atoms with E-state index in [1.54, 1.807) is 0 Å². The van der Waals surface area contributed by atoms with Crippen LogP contribution in [0.3, 0.4) is 0 Å². The van der Waals surface area contributed by atoms with Crippen LogP contribution in [0.15, 0.2) is 0 Å². The zero-order valence-electron chi connectivity index (χ0n) is 25.8. The van der Waals surface area contributed by atoms with Crippen molar-refractivity contribution >= 4 is 14.3 Å². The van der Waals surface area contributed by atoms with Crippen molar-refractivity contribution in [3.05, 3.63) is 0 Å². The molecule has 0 aromatic heterocycles. The largest absolute Gasteiger partial charge is 0.467 e. The minimum atomic E-state index is -1.70. The number of carbonyl (C=O) groups excluding carboxylic acids is 1. The van der Waals surface area contributed by atoms with Gasteiger partial charge in [0.05, 0.1) is 126 Å². The third kappa shape index (κ3) is 26.2. The number of esters is 1. The highest BCUT2D eigenvalue weighted by Crippen LogP contribution is 2.36. The maximum absolute atomic E-state index is 10.8. The van der Waals surface area contributed by atoms with Crippen LogP contribution in [-0.2, 0) is 56.6 Å². The Morgan fingerprint density at radius 3 is 0.975 bits per heavy atom. The number of methoxy groups -OCH3 is 1. The Hall–Kier alpha value is -0.713. The molecule has 240 valence electrons. The minimum absolute atomic E-state index is 0.0666. The zero-order valence-corrected chi connectivity index (χ0v) is 26.8. The fourth-order valence-electron chi connectivity index (χ4n) is 2.55. The molecule has 0 saturated heterocycles. The van der Waals surface area contributed by atoms with Crippen molar-refractivity contribution in [2.45, 2.75) is 38.9 Å². The molecule has 0 aromatic rings. The summed E-state index contributed by atoms with van der Waals surface area (Å²) in [6.45, 7) is 20.1. The van der Waals surface area contributed by atoms with E-state index in [0.29, 0.717) is 119 Å². The highest BCUT2D eigenvalue weighted by atomic mass is 28.4. The van der Waals surface area contributed by atoms with Gasteiger partial charge in [-0.05, 0) is 18.1 Å². The normalized spacial score (nSPS) is 12.2. The maximum atomic E-state index is 10.8. The molecule has 0 aliphatic rings. The van der Waals surface area contributed by atoms with Gasteiger partial charge in [0, 0.05) is 0 Å². The molecule has 0 spiro atoms. The lowest BCUT2D eigenvalue weighted by atomic mass is 10.2. The number of hydrogen-bond acceptors (Lipinski definition) is 12. The molecule has 40 heavy (non-hydrogen) atoms. The van der Waals surface area contributed by atoms with Crippen molar-refractivity contribution in [3.63, 3.8) is 0 Å². The van der Waals surface area contributed by atoms with Crippen LogP contribution >= 0.6 is 0 Å². The minimum Gasteiger partial charge on any atom is -0.467 e. The van der Waals surface area contributed by atoms with Crippen LogP contribution in [0.1, 0.15) is 20.8 Å². The van der Waals surface area contributed by atoms with Crippen molar-refractivity contribution in [2.75, 3.05) is 133 Å². The molecule has 12 nitrogen and oxygen atoms in total. The lowest BCUT2D eigenvalue weighted by Crippen LogP contribution is -2.41. The molecular formula is C27H56O12Si. The van der Waals surface area contributed by atoms with Crippen molar-refractivity contribution in [2.24, 2.45) is 0 Å². The average Bonchev–Trinajstić information content (AvgIpc) is 2.91. The van der Waals surface area contributed by atoms with Gasteiger partial charge in [0.2, 0.25) is 0 Å². The number of ether oxygens (including phenoxy) is 10. The molecule has 0 bridgehead atoms. The van der Waals surface area contributed by atoms with E-state index >= 15 is 0 Å². The fourth-order valence-corrected chi connectivity index (χ4v) is 3.57. The molecule has 0 amide bonds. The number of carbonyl (C=O) groups is 1. The Bertz CT molecular complexity index is 560. The van der Waals surface area contributed by atoms with E-state index < -0.39 is 14.3 Å². The van der Waals surface area contributed by atoms with Gasteiger partial charge >= 0.3 is 5.97 Å². The summed E-state index contributed by atoms with van der Waals surface area (Å²) in [6.07, 6.45) is 0. The van der Waals surface area contributed by atoms with Crippen LogP contribution in [0.4, 0.5) is 0 Å². The molecule has 0 aliphatic heterocycles. The lowest BCUT2D eigenvalue weighted by molar-refractivity contribution is -0.146. The van der Waals surface area contributed by atoms with E-state index in [9.17, 15) is 4.79 Å². The van der Waals surface area contributed by atoms with E-state index in [1.807, 2.05) is 0 Å². The standard InChI is InChI=1S/C27H56O12Si/c1-27(2,3)40(5,6)39-24-23-37-20-19-35-16-15-33-12-11-31-8-7-30-9-10-32-13-14-34-17-18-36-21-22-38-25-26(28)29-4/h7-25H2,1-6H3. The Balaban J connectivity index is 3.15. The molecule has 0 aliphatic carbocycles. The number of rotatable bonds is 30. The molecule has 0 N–H and O–H groups in total. The Kier molecular flexibility index (Phi) is 26.7. The first-order valence-electron chi connectivity index (χ1n) is 14.1. The Morgan fingerprint density at radius 2 is 0.725 bits per heavy atom. The van der Waals surface area contributed by atoms with Crippen LogP contribution in [0.2, 0.25) is 18.1 Å². The van der Waals surface area contributed by atoms with E-state index in [0.717, 1.165) is 0 Å². The third-order valence-electron chi connectivity index (χ3n) is 5.92. The highest BCUT2D eigenvalue weighted by molar-refractivity contribution is 6.74. The maximum Gasteiger partial charge on any atom is 0.331 e. The van der Waals surface area contributed by atoms with Gasteiger partial charge in [-0.1, -0.05) is 20.8 Å². The predicted molar refractivity (Wildman–Crippen MR) is 153 cm³/mol. The summed E-state index contributed by atoms with van der Waals surface area (Å²) in [4.78, 5) is 10.8. The molecule has 0 heterocycles. The van der Waals surface area contributed by atoms with E-state index in [4.69, 9.17) is 47.1 Å². The van der Waals surface area contributed by atoms with Gasteiger partial charge in [-0.25, -0.2) is 4.79 Å². The highest BCUT2D eigenvalue weighted by Gasteiger charge is 2.36. The topological polar surface area (TPSA) is 119 Å². The first-order chi connectivity index (χ1) is 19.2. The summed E-state index contributed by atoms with van der Waals surface area (Å²) >= 11 is 0. The molecule has 0 atom stereocenters. The van der Waals surface area contributed by atoms with Gasteiger partial charge < -0.3 is 51.8 Å². The van der Waals surface area contributed by atoms with Gasteiger partial charge in [-0.2, -0.15) is 0 Å². The smallest absolute Gasteiger partial charge is 0.331 e. The third-order valence-corrected chi connectivity index (χ3v) is 10.5. The summed E-state index contributed by atoms with van der Waals surface area (Å²) in [5, 5.41) is 0.216. The first-order valence-corrected chi connectivity index (χ1v) is 17.0. The first kappa shape index (κ1) is 39.3. The summed E-state index contributed by atoms with van der Waals surface area (Å²) in [6, 6.07) is 0. The molecule has 0 radical (unpaired) electrons. The summed E-state index contributed by atoms with van der Waals surface area (Å²) < 4.78 is 59.2.